The van der Waals surface area contributed by atoms with Gasteiger partial charge < -0.3 is 18.9 Å². The highest BCUT2D eigenvalue weighted by atomic mass is 35.5. The van der Waals surface area contributed by atoms with Crippen LogP contribution in [0.5, 0.6) is 5.75 Å². The average Bonchev–Trinajstić information content (AvgIpc) is 3.17. The van der Waals surface area contributed by atoms with Crippen molar-refractivity contribution >= 4 is 28.5 Å². The van der Waals surface area contributed by atoms with Crippen LogP contribution in [0.3, 0.4) is 0 Å². The Bertz CT molecular complexity index is 1020. The van der Waals surface area contributed by atoms with Crippen molar-refractivity contribution in [2.75, 3.05) is 6.61 Å². The second-order valence-corrected chi connectivity index (χ2v) is 6.74. The minimum atomic E-state index is -0.416. The normalized spacial score (nSPS) is 12.1. The third-order valence-corrected chi connectivity index (χ3v) is 4.65. The van der Waals surface area contributed by atoms with Crippen LogP contribution in [0.15, 0.2) is 44.2 Å². The Kier molecular flexibility index (Phi) is 5.56. The number of aryl methyl sites for hydroxylation is 1. The lowest BCUT2D eigenvalue weighted by Gasteiger charge is -2.13. The maximum atomic E-state index is 13.0. The molecule has 1 N–H and O–H groups in total. The van der Waals surface area contributed by atoms with Crippen LogP contribution in [0.25, 0.3) is 22.5 Å². The van der Waals surface area contributed by atoms with E-state index in [1.54, 1.807) is 18.2 Å². The second kappa shape index (κ2) is 7.88. The Morgan fingerprint density at radius 3 is 2.81 bits per heavy atom. The lowest BCUT2D eigenvalue weighted by Crippen LogP contribution is -2.36. The van der Waals surface area contributed by atoms with Crippen LogP contribution < -0.4 is 15.5 Å². The molecule has 2 heterocycles. The van der Waals surface area contributed by atoms with Gasteiger partial charge in [-0.15, -0.1) is 0 Å². The van der Waals surface area contributed by atoms with Crippen LogP contribution in [-0.2, 0) is 4.79 Å². The molecule has 1 amide bonds. The maximum absolute atomic E-state index is 13.0. The molecular weight excluding hydrogens is 370 g/mol. The number of carbonyl (C=O) groups excluding carboxylic acids is 1. The van der Waals surface area contributed by atoms with Gasteiger partial charge in [-0.25, -0.2) is 0 Å². The van der Waals surface area contributed by atoms with Crippen molar-refractivity contribution in [3.05, 3.63) is 51.3 Å². The Hall–Kier alpha value is -2.73. The molecule has 0 fully saturated rings. The van der Waals surface area contributed by atoms with Crippen molar-refractivity contribution in [3.63, 3.8) is 0 Å². The number of halogens is 1. The Balaban J connectivity index is 2.05. The van der Waals surface area contributed by atoms with Gasteiger partial charge in [0, 0.05) is 11.1 Å². The lowest BCUT2D eigenvalue weighted by atomic mass is 10.1. The maximum Gasteiger partial charge on any atom is 0.258 e. The zero-order valence-corrected chi connectivity index (χ0v) is 16.1. The fourth-order valence-electron chi connectivity index (χ4n) is 2.56. The van der Waals surface area contributed by atoms with E-state index >= 15 is 0 Å². The van der Waals surface area contributed by atoms with Crippen LogP contribution in [-0.4, -0.2) is 18.6 Å². The van der Waals surface area contributed by atoms with Crippen LogP contribution in [0.4, 0.5) is 0 Å². The lowest BCUT2D eigenvalue weighted by molar-refractivity contribution is -0.123. The number of amides is 1. The number of ether oxygens (including phenoxy) is 1. The molecule has 142 valence electrons. The number of carbonyl (C=O) groups is 1. The SMILES string of the molecule is CCC(C)NC(=O)COc1c(-c2ccco2)oc2cc(C)c(Cl)cc2c1=O. The molecule has 1 atom stereocenters. The molecule has 0 aliphatic rings. The van der Waals surface area contributed by atoms with Crippen LogP contribution in [0, 0.1) is 6.92 Å². The summed E-state index contributed by atoms with van der Waals surface area (Å²) in [4.78, 5) is 25.0. The quantitative estimate of drug-likeness (QED) is 0.679. The first-order valence-corrected chi connectivity index (χ1v) is 9.01. The van der Waals surface area contributed by atoms with Gasteiger partial charge in [0.05, 0.1) is 11.6 Å². The smallest absolute Gasteiger partial charge is 0.258 e. The number of benzene rings is 1. The summed E-state index contributed by atoms with van der Waals surface area (Å²) in [7, 11) is 0. The highest BCUT2D eigenvalue weighted by Crippen LogP contribution is 2.32. The van der Waals surface area contributed by atoms with Crippen molar-refractivity contribution < 1.29 is 18.4 Å². The summed E-state index contributed by atoms with van der Waals surface area (Å²) >= 11 is 6.15. The van der Waals surface area contributed by atoms with Gasteiger partial charge in [0.2, 0.25) is 16.9 Å². The molecule has 0 bridgehead atoms. The van der Waals surface area contributed by atoms with Crippen molar-refractivity contribution in [1.82, 2.24) is 5.32 Å². The van der Waals surface area contributed by atoms with E-state index in [0.717, 1.165) is 12.0 Å². The highest BCUT2D eigenvalue weighted by Gasteiger charge is 2.21. The van der Waals surface area contributed by atoms with Gasteiger partial charge in [-0.3, -0.25) is 9.59 Å². The van der Waals surface area contributed by atoms with E-state index in [4.69, 9.17) is 25.2 Å². The standard InChI is InChI=1S/C20H20ClNO5/c1-4-12(3)22-17(23)10-26-20-18(24)13-9-14(21)11(2)8-16(13)27-19(20)15-6-5-7-25-15/h5-9,12H,4,10H2,1-3H3,(H,22,23). The van der Waals surface area contributed by atoms with E-state index < -0.39 is 5.43 Å². The molecule has 0 aliphatic carbocycles. The number of hydrogen-bond acceptors (Lipinski definition) is 5. The Labute approximate surface area is 161 Å². The molecule has 0 aliphatic heterocycles. The second-order valence-electron chi connectivity index (χ2n) is 6.33. The first kappa shape index (κ1) is 19.0. The van der Waals surface area contributed by atoms with E-state index in [-0.39, 0.29) is 35.5 Å². The number of furan rings is 1. The molecule has 0 saturated heterocycles. The summed E-state index contributed by atoms with van der Waals surface area (Å²) in [6.45, 7) is 5.36. The van der Waals surface area contributed by atoms with Crippen molar-refractivity contribution in [2.24, 2.45) is 0 Å². The average molecular weight is 390 g/mol. The molecule has 27 heavy (non-hydrogen) atoms. The van der Waals surface area contributed by atoms with E-state index in [1.165, 1.54) is 12.3 Å². The molecule has 0 spiro atoms. The summed E-state index contributed by atoms with van der Waals surface area (Å²) in [5.74, 6) is 0.0577. The minimum Gasteiger partial charge on any atom is -0.476 e. The minimum absolute atomic E-state index is 0.0143. The van der Waals surface area contributed by atoms with E-state index in [2.05, 4.69) is 5.32 Å². The fraction of sp³-hybridized carbons (Fsp3) is 0.300. The van der Waals surface area contributed by atoms with E-state index in [1.807, 2.05) is 20.8 Å². The molecule has 0 saturated carbocycles. The van der Waals surface area contributed by atoms with Gasteiger partial charge in [-0.1, -0.05) is 18.5 Å². The molecule has 0 radical (unpaired) electrons. The van der Waals surface area contributed by atoms with Crippen molar-refractivity contribution in [3.8, 4) is 17.3 Å². The highest BCUT2D eigenvalue weighted by molar-refractivity contribution is 6.32. The number of rotatable bonds is 6. The summed E-state index contributed by atoms with van der Waals surface area (Å²) in [6, 6.07) is 6.56. The third-order valence-electron chi connectivity index (χ3n) is 4.24. The van der Waals surface area contributed by atoms with Gasteiger partial charge in [0.1, 0.15) is 5.58 Å². The number of hydrogen-bond donors (Lipinski definition) is 1. The predicted molar refractivity (Wildman–Crippen MR) is 103 cm³/mol. The van der Waals surface area contributed by atoms with Gasteiger partial charge in [0.25, 0.3) is 5.91 Å². The van der Waals surface area contributed by atoms with E-state index in [9.17, 15) is 9.59 Å². The first-order valence-electron chi connectivity index (χ1n) is 8.63. The van der Waals surface area contributed by atoms with Crippen LogP contribution >= 0.6 is 11.6 Å². The molecule has 3 aromatic rings. The zero-order chi connectivity index (χ0) is 19.6. The van der Waals surface area contributed by atoms with Crippen LogP contribution in [0.1, 0.15) is 25.8 Å². The predicted octanol–water partition coefficient (Wildman–Crippen LogP) is 4.31. The van der Waals surface area contributed by atoms with Gasteiger partial charge in [0.15, 0.2) is 12.4 Å². The summed E-state index contributed by atoms with van der Waals surface area (Å²) in [5.41, 5.74) is 0.727. The van der Waals surface area contributed by atoms with Gasteiger partial charge in [-0.05, 0) is 50.1 Å². The fourth-order valence-corrected chi connectivity index (χ4v) is 2.72. The monoisotopic (exact) mass is 389 g/mol. The number of fused-ring (bicyclic) bond motifs is 1. The zero-order valence-electron chi connectivity index (χ0n) is 15.3. The Morgan fingerprint density at radius 2 is 2.15 bits per heavy atom. The summed E-state index contributed by atoms with van der Waals surface area (Å²) in [5, 5.41) is 3.51. The number of nitrogens with one attached hydrogen (secondary N) is 1. The molecule has 7 heteroatoms. The third kappa shape index (κ3) is 4.01. The molecular formula is C20H20ClNO5. The molecule has 2 aromatic heterocycles. The Morgan fingerprint density at radius 1 is 1.37 bits per heavy atom. The first-order chi connectivity index (χ1) is 12.9. The molecule has 3 rings (SSSR count). The summed E-state index contributed by atoms with van der Waals surface area (Å²) in [6.07, 6.45) is 2.26. The van der Waals surface area contributed by atoms with Gasteiger partial charge in [-0.2, -0.15) is 0 Å². The van der Waals surface area contributed by atoms with Crippen molar-refractivity contribution in [2.45, 2.75) is 33.2 Å². The molecule has 1 unspecified atom stereocenters. The molecule has 1 aromatic carbocycles. The van der Waals surface area contributed by atoms with E-state index in [0.29, 0.717) is 16.4 Å². The van der Waals surface area contributed by atoms with Crippen LogP contribution in [0.2, 0.25) is 5.02 Å². The summed E-state index contributed by atoms with van der Waals surface area (Å²) < 4.78 is 16.8. The van der Waals surface area contributed by atoms with Crippen molar-refractivity contribution in [1.29, 1.82) is 0 Å². The largest absolute Gasteiger partial charge is 0.476 e. The van der Waals surface area contributed by atoms with Gasteiger partial charge >= 0.3 is 0 Å². The topological polar surface area (TPSA) is 81.7 Å². The molecule has 6 nitrogen and oxygen atoms in total.